The molecular formula is C25H27N3O8. The summed E-state index contributed by atoms with van der Waals surface area (Å²) in [7, 11) is 1.59. The molecule has 4 N–H and O–H groups in total. The van der Waals surface area contributed by atoms with Crippen LogP contribution in [-0.4, -0.2) is 79.3 Å². The van der Waals surface area contributed by atoms with E-state index >= 15 is 0 Å². The van der Waals surface area contributed by atoms with Gasteiger partial charge in [-0.15, -0.1) is 5.10 Å². The SMILES string of the molecule is COc1ccc(/C=C/C(=O)c2ccc(OCc3cn([C@@H]4O[C@H](CO)[C@@H](O)[C@H](O)[C@H]4O)nn3)cc2)cc1. The fourth-order valence-corrected chi connectivity index (χ4v) is 3.66. The van der Waals surface area contributed by atoms with E-state index in [1.54, 1.807) is 37.5 Å². The molecule has 1 saturated heterocycles. The van der Waals surface area contributed by atoms with Gasteiger partial charge in [0.05, 0.1) is 19.9 Å². The largest absolute Gasteiger partial charge is 0.497 e. The van der Waals surface area contributed by atoms with Gasteiger partial charge in [0, 0.05) is 5.56 Å². The second kappa shape index (κ2) is 11.4. The van der Waals surface area contributed by atoms with Crippen LogP contribution in [0.4, 0.5) is 0 Å². The van der Waals surface area contributed by atoms with E-state index in [0.717, 1.165) is 11.3 Å². The van der Waals surface area contributed by atoms with Crippen molar-refractivity contribution in [1.82, 2.24) is 15.0 Å². The molecule has 4 rings (SSSR count). The summed E-state index contributed by atoms with van der Waals surface area (Å²) in [5.41, 5.74) is 1.79. The highest BCUT2D eigenvalue weighted by atomic mass is 16.6. The molecule has 1 aliphatic rings. The molecule has 0 radical (unpaired) electrons. The normalized spacial score (nSPS) is 24.1. The molecule has 11 nitrogen and oxygen atoms in total. The van der Waals surface area contributed by atoms with Gasteiger partial charge in [0.25, 0.3) is 0 Å². The van der Waals surface area contributed by atoms with Crippen LogP contribution in [0.25, 0.3) is 6.08 Å². The summed E-state index contributed by atoms with van der Waals surface area (Å²) in [4.78, 5) is 12.4. The molecule has 0 amide bonds. The van der Waals surface area contributed by atoms with E-state index in [9.17, 15) is 25.2 Å². The number of carbonyl (C=O) groups excluding carboxylic acids is 1. The van der Waals surface area contributed by atoms with Crippen molar-refractivity contribution in [2.24, 2.45) is 0 Å². The highest BCUT2D eigenvalue weighted by molar-refractivity contribution is 6.06. The number of ketones is 1. The van der Waals surface area contributed by atoms with Crippen molar-refractivity contribution in [3.8, 4) is 11.5 Å². The summed E-state index contributed by atoms with van der Waals surface area (Å²) < 4.78 is 17.5. The number of ether oxygens (including phenoxy) is 3. The third-order valence-electron chi connectivity index (χ3n) is 5.75. The number of aromatic nitrogens is 3. The van der Waals surface area contributed by atoms with Gasteiger partial charge in [0.15, 0.2) is 12.0 Å². The fraction of sp³-hybridized carbons (Fsp3) is 0.320. The minimum absolute atomic E-state index is 0.0437. The van der Waals surface area contributed by atoms with Crippen LogP contribution in [-0.2, 0) is 11.3 Å². The lowest BCUT2D eigenvalue weighted by Crippen LogP contribution is -2.56. The summed E-state index contributed by atoms with van der Waals surface area (Å²) in [6.07, 6.45) is -1.95. The number of methoxy groups -OCH3 is 1. The molecule has 0 unspecified atom stereocenters. The van der Waals surface area contributed by atoms with E-state index in [0.29, 0.717) is 17.0 Å². The Bertz CT molecular complexity index is 1180. The second-order valence-corrected chi connectivity index (χ2v) is 8.19. The molecule has 1 aromatic heterocycles. The Morgan fingerprint density at radius 1 is 1.03 bits per heavy atom. The van der Waals surface area contributed by atoms with Crippen molar-refractivity contribution in [1.29, 1.82) is 0 Å². The molecule has 190 valence electrons. The Hall–Kier alpha value is -3.61. The van der Waals surface area contributed by atoms with Crippen LogP contribution in [0.2, 0.25) is 0 Å². The van der Waals surface area contributed by atoms with Crippen molar-refractivity contribution in [2.45, 2.75) is 37.3 Å². The molecule has 11 heteroatoms. The Morgan fingerprint density at radius 3 is 2.39 bits per heavy atom. The van der Waals surface area contributed by atoms with E-state index in [-0.39, 0.29) is 12.4 Å². The lowest BCUT2D eigenvalue weighted by molar-refractivity contribution is -0.254. The average molecular weight is 498 g/mol. The van der Waals surface area contributed by atoms with Gasteiger partial charge in [-0.3, -0.25) is 4.79 Å². The molecule has 1 aliphatic heterocycles. The Balaban J connectivity index is 1.32. The lowest BCUT2D eigenvalue weighted by Gasteiger charge is -2.39. The van der Waals surface area contributed by atoms with Crippen molar-refractivity contribution < 1.29 is 39.4 Å². The van der Waals surface area contributed by atoms with Crippen molar-refractivity contribution >= 4 is 11.9 Å². The van der Waals surface area contributed by atoms with Crippen molar-refractivity contribution in [3.05, 3.63) is 77.6 Å². The monoisotopic (exact) mass is 497 g/mol. The number of aliphatic hydroxyl groups excluding tert-OH is 4. The topological polar surface area (TPSA) is 156 Å². The number of hydrogen-bond donors (Lipinski definition) is 4. The van der Waals surface area contributed by atoms with Crippen LogP contribution in [0.3, 0.4) is 0 Å². The molecule has 0 bridgehead atoms. The first kappa shape index (κ1) is 25.5. The summed E-state index contributed by atoms with van der Waals surface area (Å²) in [6.45, 7) is -0.496. The maximum absolute atomic E-state index is 12.4. The highest BCUT2D eigenvalue weighted by Crippen LogP contribution is 2.28. The van der Waals surface area contributed by atoms with Crippen LogP contribution in [0.15, 0.2) is 60.8 Å². The number of carbonyl (C=O) groups is 1. The van der Waals surface area contributed by atoms with E-state index < -0.39 is 37.3 Å². The molecule has 1 fully saturated rings. The van der Waals surface area contributed by atoms with Gasteiger partial charge in [-0.25, -0.2) is 4.68 Å². The van der Waals surface area contributed by atoms with Gasteiger partial charge in [-0.1, -0.05) is 23.4 Å². The molecule has 3 aromatic rings. The zero-order valence-corrected chi connectivity index (χ0v) is 19.4. The number of nitrogens with zero attached hydrogens (tertiary/aromatic N) is 3. The van der Waals surface area contributed by atoms with Gasteiger partial charge in [0.2, 0.25) is 0 Å². The van der Waals surface area contributed by atoms with Crippen LogP contribution in [0.5, 0.6) is 11.5 Å². The molecular weight excluding hydrogens is 470 g/mol. The summed E-state index contributed by atoms with van der Waals surface area (Å²) in [5.74, 6) is 1.10. The molecule has 0 aliphatic carbocycles. The first-order valence-electron chi connectivity index (χ1n) is 11.2. The second-order valence-electron chi connectivity index (χ2n) is 8.19. The number of hydrogen-bond acceptors (Lipinski definition) is 10. The quantitative estimate of drug-likeness (QED) is 0.246. The van der Waals surface area contributed by atoms with Crippen LogP contribution >= 0.6 is 0 Å². The van der Waals surface area contributed by atoms with Gasteiger partial charge in [0.1, 0.15) is 48.2 Å². The van der Waals surface area contributed by atoms with Gasteiger partial charge in [-0.05, 0) is 48.0 Å². The third kappa shape index (κ3) is 5.78. The zero-order valence-electron chi connectivity index (χ0n) is 19.4. The first-order chi connectivity index (χ1) is 17.4. The number of rotatable bonds is 9. The maximum atomic E-state index is 12.4. The number of allylic oxidation sites excluding steroid dienone is 1. The Kier molecular flexibility index (Phi) is 8.08. The maximum Gasteiger partial charge on any atom is 0.185 e. The first-order valence-corrected chi connectivity index (χ1v) is 11.2. The molecule has 2 aromatic carbocycles. The molecule has 0 saturated carbocycles. The summed E-state index contributed by atoms with van der Waals surface area (Å²) in [6, 6.07) is 14.0. The highest BCUT2D eigenvalue weighted by Gasteiger charge is 2.44. The summed E-state index contributed by atoms with van der Waals surface area (Å²) in [5, 5.41) is 47.2. The van der Waals surface area contributed by atoms with Crippen molar-refractivity contribution in [3.63, 3.8) is 0 Å². The van der Waals surface area contributed by atoms with E-state index in [2.05, 4.69) is 10.3 Å². The van der Waals surface area contributed by atoms with Gasteiger partial charge < -0.3 is 34.6 Å². The van der Waals surface area contributed by atoms with E-state index in [1.807, 2.05) is 24.3 Å². The van der Waals surface area contributed by atoms with Crippen LogP contribution in [0, 0.1) is 0 Å². The lowest BCUT2D eigenvalue weighted by atomic mass is 9.98. The Morgan fingerprint density at radius 2 is 1.72 bits per heavy atom. The predicted molar refractivity (Wildman–Crippen MR) is 126 cm³/mol. The van der Waals surface area contributed by atoms with Gasteiger partial charge >= 0.3 is 0 Å². The minimum Gasteiger partial charge on any atom is -0.497 e. The van der Waals surface area contributed by atoms with Crippen LogP contribution in [0.1, 0.15) is 27.8 Å². The van der Waals surface area contributed by atoms with Crippen molar-refractivity contribution in [2.75, 3.05) is 13.7 Å². The smallest absolute Gasteiger partial charge is 0.185 e. The summed E-state index contributed by atoms with van der Waals surface area (Å²) >= 11 is 0. The molecule has 36 heavy (non-hydrogen) atoms. The molecule has 2 heterocycles. The zero-order chi connectivity index (χ0) is 25.7. The minimum atomic E-state index is -1.52. The Labute approximate surface area is 206 Å². The standard InChI is InChI=1S/C25H27N3O8/c1-34-18-7-2-15(3-8-18)4-11-20(30)16-5-9-19(10-6-16)35-14-17-12-28(27-26-17)25-24(33)23(32)22(31)21(13-29)36-25/h2-12,21-25,29,31-33H,13-14H2,1H3/b11-4+/t21-,22-,23+,24-,25-/m1/s1. The molecule has 0 spiro atoms. The fourth-order valence-electron chi connectivity index (χ4n) is 3.66. The third-order valence-corrected chi connectivity index (χ3v) is 5.75. The number of benzene rings is 2. The van der Waals surface area contributed by atoms with Gasteiger partial charge in [-0.2, -0.15) is 0 Å². The average Bonchev–Trinajstić information content (AvgIpc) is 3.39. The number of aliphatic hydroxyl groups is 4. The predicted octanol–water partition coefficient (Wildman–Crippen LogP) is 0.734. The van der Waals surface area contributed by atoms with E-state index in [1.165, 1.54) is 17.0 Å². The molecule has 5 atom stereocenters. The van der Waals surface area contributed by atoms with E-state index in [4.69, 9.17) is 14.2 Å². The van der Waals surface area contributed by atoms with Crippen LogP contribution < -0.4 is 9.47 Å².